The standard InChI is InChI=1S/C10H15N3O/c1-11-12-13(2)8-9-4-6-10(14-3)7-5-9/h4-7H,8H2,1-3H3/b12-11-. The van der Waals surface area contributed by atoms with E-state index in [1.165, 1.54) is 5.56 Å². The van der Waals surface area contributed by atoms with Crippen molar-refractivity contribution in [3.63, 3.8) is 0 Å². The Labute approximate surface area is 84.2 Å². The molecule has 1 rings (SSSR count). The van der Waals surface area contributed by atoms with Crippen LogP contribution >= 0.6 is 0 Å². The molecule has 0 atom stereocenters. The van der Waals surface area contributed by atoms with E-state index in [9.17, 15) is 0 Å². The molecule has 0 aliphatic rings. The molecule has 0 N–H and O–H groups in total. The lowest BCUT2D eigenvalue weighted by molar-refractivity contribution is 0.321. The Kier molecular flexibility index (Phi) is 3.91. The molecule has 0 heterocycles. The number of methoxy groups -OCH3 is 1. The molecule has 0 fully saturated rings. The molecule has 1 aromatic rings. The van der Waals surface area contributed by atoms with Gasteiger partial charge in [-0.1, -0.05) is 17.4 Å². The van der Waals surface area contributed by atoms with E-state index in [0.29, 0.717) is 0 Å². The average Bonchev–Trinajstić information content (AvgIpc) is 2.19. The zero-order valence-corrected chi connectivity index (χ0v) is 8.77. The topological polar surface area (TPSA) is 37.2 Å². The first-order valence-corrected chi connectivity index (χ1v) is 4.40. The van der Waals surface area contributed by atoms with Crippen molar-refractivity contribution in [1.29, 1.82) is 0 Å². The summed E-state index contributed by atoms with van der Waals surface area (Å²) in [6.45, 7) is 0.751. The fraction of sp³-hybridized carbons (Fsp3) is 0.400. The van der Waals surface area contributed by atoms with Crippen LogP contribution in [-0.2, 0) is 6.54 Å². The van der Waals surface area contributed by atoms with Crippen molar-refractivity contribution >= 4 is 0 Å². The lowest BCUT2D eigenvalue weighted by Gasteiger charge is -2.10. The van der Waals surface area contributed by atoms with Crippen molar-refractivity contribution in [2.75, 3.05) is 21.2 Å². The Bertz CT molecular complexity index is 295. The van der Waals surface area contributed by atoms with Gasteiger partial charge < -0.3 is 4.74 Å². The van der Waals surface area contributed by atoms with Crippen molar-refractivity contribution in [1.82, 2.24) is 5.01 Å². The Morgan fingerprint density at radius 2 is 1.93 bits per heavy atom. The fourth-order valence-corrected chi connectivity index (χ4v) is 1.18. The predicted octanol–water partition coefficient (Wildman–Crippen LogP) is 2.12. The third kappa shape index (κ3) is 3.05. The second-order valence-electron chi connectivity index (χ2n) is 2.95. The number of hydrogen-bond acceptors (Lipinski definition) is 3. The molecule has 0 aliphatic heterocycles. The first kappa shape index (κ1) is 10.5. The van der Waals surface area contributed by atoms with E-state index in [2.05, 4.69) is 10.3 Å². The van der Waals surface area contributed by atoms with Crippen molar-refractivity contribution in [3.8, 4) is 5.75 Å². The maximum Gasteiger partial charge on any atom is 0.118 e. The lowest BCUT2D eigenvalue weighted by Crippen LogP contribution is -2.09. The van der Waals surface area contributed by atoms with E-state index in [0.717, 1.165) is 12.3 Å². The number of nitrogens with zero attached hydrogens (tertiary/aromatic N) is 3. The van der Waals surface area contributed by atoms with Crippen LogP contribution in [0, 0.1) is 0 Å². The molecule has 0 radical (unpaired) electrons. The van der Waals surface area contributed by atoms with Crippen molar-refractivity contribution < 1.29 is 4.74 Å². The molecule has 0 spiro atoms. The minimum absolute atomic E-state index is 0.751. The summed E-state index contributed by atoms with van der Waals surface area (Å²) < 4.78 is 5.07. The highest BCUT2D eigenvalue weighted by atomic mass is 16.5. The van der Waals surface area contributed by atoms with E-state index >= 15 is 0 Å². The summed E-state index contributed by atoms with van der Waals surface area (Å²) in [5.41, 5.74) is 1.18. The number of benzene rings is 1. The lowest BCUT2D eigenvalue weighted by atomic mass is 10.2. The Morgan fingerprint density at radius 1 is 1.29 bits per heavy atom. The molecular formula is C10H15N3O. The number of rotatable bonds is 4. The molecule has 76 valence electrons. The molecule has 0 aliphatic carbocycles. The minimum Gasteiger partial charge on any atom is -0.497 e. The maximum atomic E-state index is 5.07. The molecule has 4 nitrogen and oxygen atoms in total. The summed E-state index contributed by atoms with van der Waals surface area (Å²) in [7, 11) is 5.20. The second-order valence-corrected chi connectivity index (χ2v) is 2.95. The summed E-state index contributed by atoms with van der Waals surface area (Å²) in [6, 6.07) is 7.90. The Hall–Kier alpha value is -1.58. The van der Waals surface area contributed by atoms with E-state index in [1.807, 2.05) is 31.3 Å². The average molecular weight is 193 g/mol. The summed E-state index contributed by atoms with van der Waals surface area (Å²) in [6.07, 6.45) is 0. The predicted molar refractivity (Wildman–Crippen MR) is 55.2 cm³/mol. The summed E-state index contributed by atoms with van der Waals surface area (Å²) in [4.78, 5) is 0. The summed E-state index contributed by atoms with van der Waals surface area (Å²) in [5, 5.41) is 9.36. The number of ether oxygens (including phenoxy) is 1. The third-order valence-electron chi connectivity index (χ3n) is 1.81. The summed E-state index contributed by atoms with van der Waals surface area (Å²) in [5.74, 6) is 0.869. The number of hydrogen-bond donors (Lipinski definition) is 0. The SMILES string of the molecule is C/N=N\N(C)Cc1ccc(OC)cc1. The molecule has 4 heteroatoms. The van der Waals surface area contributed by atoms with Crippen LogP contribution < -0.4 is 4.74 Å². The zero-order valence-electron chi connectivity index (χ0n) is 8.77. The molecule has 0 saturated heterocycles. The summed E-state index contributed by atoms with van der Waals surface area (Å²) >= 11 is 0. The monoisotopic (exact) mass is 193 g/mol. The fourth-order valence-electron chi connectivity index (χ4n) is 1.18. The van der Waals surface area contributed by atoms with Gasteiger partial charge >= 0.3 is 0 Å². The molecule has 1 aromatic carbocycles. The molecule has 0 amide bonds. The van der Waals surface area contributed by atoms with Gasteiger partial charge in [0, 0.05) is 7.05 Å². The van der Waals surface area contributed by atoms with Crippen LogP contribution in [0.2, 0.25) is 0 Å². The molecular weight excluding hydrogens is 178 g/mol. The quantitative estimate of drug-likeness (QED) is 0.542. The third-order valence-corrected chi connectivity index (χ3v) is 1.81. The highest BCUT2D eigenvalue weighted by Gasteiger charge is 1.97. The molecule has 0 aromatic heterocycles. The largest absolute Gasteiger partial charge is 0.497 e. The van der Waals surface area contributed by atoms with Gasteiger partial charge in [0.05, 0.1) is 20.7 Å². The van der Waals surface area contributed by atoms with Crippen molar-refractivity contribution in [3.05, 3.63) is 29.8 Å². The second kappa shape index (κ2) is 5.21. The van der Waals surface area contributed by atoms with E-state index in [1.54, 1.807) is 19.2 Å². The smallest absolute Gasteiger partial charge is 0.118 e. The van der Waals surface area contributed by atoms with Gasteiger partial charge in [-0.05, 0) is 17.7 Å². The first-order chi connectivity index (χ1) is 6.76. The highest BCUT2D eigenvalue weighted by molar-refractivity contribution is 5.26. The van der Waals surface area contributed by atoms with Crippen LogP contribution in [0.15, 0.2) is 34.6 Å². The molecule has 0 saturated carbocycles. The molecule has 0 bridgehead atoms. The van der Waals surface area contributed by atoms with Gasteiger partial charge in [0.15, 0.2) is 0 Å². The molecule has 14 heavy (non-hydrogen) atoms. The van der Waals surface area contributed by atoms with Crippen LogP contribution in [0.25, 0.3) is 0 Å². The first-order valence-electron chi connectivity index (χ1n) is 4.40. The van der Waals surface area contributed by atoms with Gasteiger partial charge in [0.2, 0.25) is 0 Å². The Morgan fingerprint density at radius 3 is 2.43 bits per heavy atom. The van der Waals surface area contributed by atoms with Crippen LogP contribution in [0.4, 0.5) is 0 Å². The van der Waals surface area contributed by atoms with Crippen molar-refractivity contribution in [2.45, 2.75) is 6.54 Å². The van der Waals surface area contributed by atoms with Gasteiger partial charge in [0.25, 0.3) is 0 Å². The van der Waals surface area contributed by atoms with Gasteiger partial charge in [0.1, 0.15) is 5.75 Å². The maximum absolute atomic E-state index is 5.07. The van der Waals surface area contributed by atoms with Crippen molar-refractivity contribution in [2.24, 2.45) is 10.3 Å². The van der Waals surface area contributed by atoms with Crippen LogP contribution in [0.5, 0.6) is 5.75 Å². The normalized spacial score (nSPS) is 10.5. The highest BCUT2D eigenvalue weighted by Crippen LogP contribution is 2.12. The van der Waals surface area contributed by atoms with E-state index in [-0.39, 0.29) is 0 Å². The van der Waals surface area contributed by atoms with Crippen LogP contribution in [0.3, 0.4) is 0 Å². The molecule has 0 unspecified atom stereocenters. The van der Waals surface area contributed by atoms with Crippen LogP contribution in [-0.4, -0.2) is 26.2 Å². The van der Waals surface area contributed by atoms with Gasteiger partial charge in [-0.2, -0.15) is 5.11 Å². The van der Waals surface area contributed by atoms with Gasteiger partial charge in [-0.15, -0.1) is 0 Å². The van der Waals surface area contributed by atoms with E-state index < -0.39 is 0 Å². The zero-order chi connectivity index (χ0) is 10.4. The minimum atomic E-state index is 0.751. The van der Waals surface area contributed by atoms with Crippen LogP contribution in [0.1, 0.15) is 5.56 Å². The van der Waals surface area contributed by atoms with E-state index in [4.69, 9.17) is 4.74 Å². The van der Waals surface area contributed by atoms with Gasteiger partial charge in [-0.25, -0.2) is 0 Å². The Balaban J connectivity index is 2.59. The van der Waals surface area contributed by atoms with Gasteiger partial charge in [-0.3, -0.25) is 5.01 Å².